The van der Waals surface area contributed by atoms with Crippen molar-refractivity contribution in [3.05, 3.63) is 70.0 Å². The second-order valence-corrected chi connectivity index (χ2v) is 7.10. The topological polar surface area (TPSA) is 169 Å². The van der Waals surface area contributed by atoms with E-state index in [4.69, 9.17) is 4.55 Å². The number of nitriles is 1. The number of nitrogens with zero attached hydrogens (tertiary/aromatic N) is 3. The molecule has 3 rings (SSSR count). The maximum Gasteiger partial charge on any atom is 0.294 e. The van der Waals surface area contributed by atoms with Crippen molar-refractivity contribution in [2.75, 3.05) is 5.43 Å². The molecule has 10 nitrogen and oxygen atoms in total. The predicted octanol–water partition coefficient (Wildman–Crippen LogP) is 1.71. The summed E-state index contributed by atoms with van der Waals surface area (Å²) in [6, 6.07) is 13.6. The molecule has 0 saturated carbocycles. The van der Waals surface area contributed by atoms with E-state index in [0.29, 0.717) is 5.56 Å². The van der Waals surface area contributed by atoms with Crippen molar-refractivity contribution in [3.8, 4) is 23.1 Å². The molecule has 0 aliphatic carbocycles. The minimum Gasteiger partial charge on any atom is -0.507 e. The fraction of sp³-hybridized carbons (Fsp3) is 0. The van der Waals surface area contributed by atoms with Crippen LogP contribution < -0.4 is 11.0 Å². The second kappa shape index (κ2) is 7.93. The number of rotatable bonds is 5. The first-order valence-corrected chi connectivity index (χ1v) is 9.43. The van der Waals surface area contributed by atoms with E-state index in [1.54, 1.807) is 30.3 Å². The highest BCUT2D eigenvalue weighted by atomic mass is 32.2. The Labute approximate surface area is 164 Å². The lowest BCUT2D eigenvalue weighted by Gasteiger charge is -2.06. The van der Waals surface area contributed by atoms with E-state index in [9.17, 15) is 23.6 Å². The first-order chi connectivity index (χ1) is 13.8. The minimum atomic E-state index is -4.45. The van der Waals surface area contributed by atoms with E-state index < -0.39 is 20.6 Å². The molecule has 1 aromatic heterocycles. The molecule has 0 amide bonds. The van der Waals surface area contributed by atoms with Gasteiger partial charge in [-0.25, -0.2) is 10.4 Å². The normalized spacial score (nSPS) is 11.3. The Morgan fingerprint density at radius 2 is 1.93 bits per heavy atom. The van der Waals surface area contributed by atoms with Crippen LogP contribution in [0.1, 0.15) is 11.1 Å². The van der Waals surface area contributed by atoms with Crippen molar-refractivity contribution in [2.24, 2.45) is 5.10 Å². The third kappa shape index (κ3) is 4.46. The van der Waals surface area contributed by atoms with E-state index in [1.807, 2.05) is 6.07 Å². The number of anilines is 1. The lowest BCUT2D eigenvalue weighted by atomic mass is 10.1. The van der Waals surface area contributed by atoms with Crippen LogP contribution in [0.4, 0.5) is 5.95 Å². The van der Waals surface area contributed by atoms with Crippen LogP contribution in [-0.4, -0.2) is 34.3 Å². The first-order valence-electron chi connectivity index (χ1n) is 7.99. The van der Waals surface area contributed by atoms with Crippen LogP contribution in [-0.2, 0) is 10.1 Å². The van der Waals surface area contributed by atoms with Gasteiger partial charge in [-0.15, -0.1) is 0 Å². The second-order valence-electron chi connectivity index (χ2n) is 5.68. The lowest BCUT2D eigenvalue weighted by molar-refractivity contribution is 0.472. The van der Waals surface area contributed by atoms with Gasteiger partial charge in [-0.2, -0.15) is 18.8 Å². The number of aromatic nitrogens is 2. The third-order valence-corrected chi connectivity index (χ3v) is 4.60. The van der Waals surface area contributed by atoms with Gasteiger partial charge in [-0.05, 0) is 18.2 Å². The average molecular weight is 411 g/mol. The maximum atomic E-state index is 12.2. The van der Waals surface area contributed by atoms with Crippen molar-refractivity contribution in [1.82, 2.24) is 9.97 Å². The number of phenols is 1. The van der Waals surface area contributed by atoms with Gasteiger partial charge in [-0.3, -0.25) is 14.3 Å². The lowest BCUT2D eigenvalue weighted by Crippen LogP contribution is -2.16. The molecule has 0 radical (unpaired) electrons. The summed E-state index contributed by atoms with van der Waals surface area (Å²) in [6.45, 7) is 0. The number of aromatic hydroxyl groups is 1. The Bertz CT molecular complexity index is 1290. The zero-order chi connectivity index (χ0) is 21.0. The number of H-pyrrole nitrogens is 1. The van der Waals surface area contributed by atoms with Crippen LogP contribution in [0.2, 0.25) is 0 Å². The first kappa shape index (κ1) is 19.7. The third-order valence-electron chi connectivity index (χ3n) is 3.75. The van der Waals surface area contributed by atoms with Gasteiger partial charge < -0.3 is 5.11 Å². The smallest absolute Gasteiger partial charge is 0.294 e. The van der Waals surface area contributed by atoms with Crippen LogP contribution in [0.5, 0.6) is 5.75 Å². The van der Waals surface area contributed by atoms with Crippen LogP contribution in [0.3, 0.4) is 0 Å². The Balaban J connectivity index is 1.94. The number of phenolic OH excluding ortho intramolecular Hbond substituents is 1. The number of hydrogen-bond acceptors (Lipinski definition) is 8. The summed E-state index contributed by atoms with van der Waals surface area (Å²) in [5, 5.41) is 22.8. The van der Waals surface area contributed by atoms with Crippen LogP contribution in [0.25, 0.3) is 11.3 Å². The Kier molecular flexibility index (Phi) is 5.40. The van der Waals surface area contributed by atoms with Gasteiger partial charge in [0, 0.05) is 11.1 Å². The van der Waals surface area contributed by atoms with Crippen molar-refractivity contribution < 1.29 is 18.1 Å². The van der Waals surface area contributed by atoms with Gasteiger partial charge in [0.25, 0.3) is 15.7 Å². The molecule has 0 saturated heterocycles. The zero-order valence-corrected chi connectivity index (χ0v) is 15.4. The SMILES string of the molecule is N#Cc1c(-c2ccccc2)nc(NN=Cc2cc(S(=O)(=O)O)ccc2O)[nH]c1=O. The molecule has 4 N–H and O–H groups in total. The van der Waals surface area contributed by atoms with E-state index in [-0.39, 0.29) is 28.5 Å². The van der Waals surface area contributed by atoms with Crippen LogP contribution in [0.15, 0.2) is 63.3 Å². The summed E-state index contributed by atoms with van der Waals surface area (Å²) in [6.07, 6.45) is 1.07. The van der Waals surface area contributed by atoms with E-state index in [0.717, 1.165) is 24.4 Å². The fourth-order valence-corrected chi connectivity index (χ4v) is 2.91. The van der Waals surface area contributed by atoms with Gasteiger partial charge in [0.2, 0.25) is 5.95 Å². The summed E-state index contributed by atoms with van der Waals surface area (Å²) >= 11 is 0. The molecular formula is C18H13N5O5S. The largest absolute Gasteiger partial charge is 0.507 e. The number of aromatic amines is 1. The van der Waals surface area contributed by atoms with Gasteiger partial charge in [0.05, 0.1) is 16.8 Å². The van der Waals surface area contributed by atoms with Crippen molar-refractivity contribution in [1.29, 1.82) is 5.26 Å². The molecule has 0 bridgehead atoms. The van der Waals surface area contributed by atoms with Gasteiger partial charge >= 0.3 is 0 Å². The molecule has 0 aliphatic heterocycles. The highest BCUT2D eigenvalue weighted by Crippen LogP contribution is 2.21. The molecule has 11 heteroatoms. The Hall–Kier alpha value is -4.01. The quantitative estimate of drug-likeness (QED) is 0.279. The molecule has 146 valence electrons. The fourth-order valence-electron chi connectivity index (χ4n) is 2.39. The highest BCUT2D eigenvalue weighted by molar-refractivity contribution is 7.85. The molecular weight excluding hydrogens is 398 g/mol. The summed E-state index contributed by atoms with van der Waals surface area (Å²) in [7, 11) is -4.45. The van der Waals surface area contributed by atoms with Crippen molar-refractivity contribution >= 4 is 22.3 Å². The number of benzene rings is 2. The average Bonchev–Trinajstić information content (AvgIpc) is 2.69. The molecule has 0 fully saturated rings. The number of hydrogen-bond donors (Lipinski definition) is 4. The molecule has 2 aromatic carbocycles. The zero-order valence-electron chi connectivity index (χ0n) is 14.6. The summed E-state index contributed by atoms with van der Waals surface area (Å²) in [5.41, 5.74) is 2.32. The summed E-state index contributed by atoms with van der Waals surface area (Å²) in [4.78, 5) is 18.3. The van der Waals surface area contributed by atoms with E-state index >= 15 is 0 Å². The molecule has 1 heterocycles. The minimum absolute atomic E-state index is 0.00750. The molecule has 3 aromatic rings. The van der Waals surface area contributed by atoms with E-state index in [1.165, 1.54) is 0 Å². The van der Waals surface area contributed by atoms with Crippen molar-refractivity contribution in [3.63, 3.8) is 0 Å². The molecule has 0 aliphatic rings. The van der Waals surface area contributed by atoms with Crippen LogP contribution in [0, 0.1) is 11.3 Å². The molecule has 0 spiro atoms. The van der Waals surface area contributed by atoms with Crippen LogP contribution >= 0.6 is 0 Å². The predicted molar refractivity (Wildman–Crippen MR) is 104 cm³/mol. The monoisotopic (exact) mass is 411 g/mol. The Morgan fingerprint density at radius 3 is 2.59 bits per heavy atom. The molecule has 0 unspecified atom stereocenters. The summed E-state index contributed by atoms with van der Waals surface area (Å²) in [5.74, 6) is -0.358. The summed E-state index contributed by atoms with van der Waals surface area (Å²) < 4.78 is 31.5. The highest BCUT2D eigenvalue weighted by Gasteiger charge is 2.13. The van der Waals surface area contributed by atoms with E-state index in [2.05, 4.69) is 20.5 Å². The van der Waals surface area contributed by atoms with Crippen molar-refractivity contribution in [2.45, 2.75) is 4.90 Å². The van der Waals surface area contributed by atoms with Gasteiger partial charge in [0.15, 0.2) is 0 Å². The molecule has 0 atom stereocenters. The standard InChI is InChI=1S/C18H13N5O5S/c19-9-14-16(11-4-2-1-3-5-11)21-18(22-17(14)25)23-20-10-12-8-13(29(26,27)28)6-7-15(12)24/h1-8,10,24H,(H,26,27,28)(H2,21,22,23,25). The maximum absolute atomic E-state index is 12.2. The number of hydrazone groups is 1. The molecule has 29 heavy (non-hydrogen) atoms. The van der Waals surface area contributed by atoms with Gasteiger partial charge in [-0.1, -0.05) is 30.3 Å². The Morgan fingerprint density at radius 1 is 1.21 bits per heavy atom. The van der Waals surface area contributed by atoms with Gasteiger partial charge in [0.1, 0.15) is 17.4 Å². The number of nitrogens with one attached hydrogen (secondary N) is 2.